The molecular formula is C26H29N3O3. The number of piperidine rings is 1. The van der Waals surface area contributed by atoms with E-state index in [1.165, 1.54) is 0 Å². The van der Waals surface area contributed by atoms with Crippen LogP contribution in [-0.4, -0.2) is 58.8 Å². The van der Waals surface area contributed by atoms with E-state index in [1.807, 2.05) is 30.3 Å². The molecule has 2 aliphatic heterocycles. The summed E-state index contributed by atoms with van der Waals surface area (Å²) < 4.78 is 6.16. The minimum absolute atomic E-state index is 0.0143. The number of hydrogen-bond acceptors (Lipinski definition) is 5. The van der Waals surface area contributed by atoms with Crippen LogP contribution in [0.5, 0.6) is 5.75 Å². The lowest BCUT2D eigenvalue weighted by Gasteiger charge is -2.39. The minimum atomic E-state index is -0.584. The van der Waals surface area contributed by atoms with Crippen LogP contribution >= 0.6 is 0 Å². The van der Waals surface area contributed by atoms with Crippen molar-refractivity contribution in [3.63, 3.8) is 0 Å². The van der Waals surface area contributed by atoms with Crippen LogP contribution in [0.15, 0.2) is 60.9 Å². The second-order valence-corrected chi connectivity index (χ2v) is 8.99. The fraction of sp³-hybridized carbons (Fsp3) is 0.385. The zero-order valence-corrected chi connectivity index (χ0v) is 18.2. The average molecular weight is 432 g/mol. The van der Waals surface area contributed by atoms with E-state index in [1.54, 1.807) is 12.4 Å². The molecular weight excluding hydrogens is 402 g/mol. The average Bonchev–Trinajstić information content (AvgIpc) is 3.19. The van der Waals surface area contributed by atoms with Gasteiger partial charge in [-0.1, -0.05) is 30.3 Å². The normalized spacial score (nSPS) is 19.2. The first kappa shape index (κ1) is 20.9. The van der Waals surface area contributed by atoms with E-state index >= 15 is 0 Å². The van der Waals surface area contributed by atoms with Gasteiger partial charge in [0.25, 0.3) is 0 Å². The molecule has 2 N–H and O–H groups in total. The van der Waals surface area contributed by atoms with Crippen LogP contribution < -0.4 is 10.1 Å². The predicted molar refractivity (Wildman–Crippen MR) is 124 cm³/mol. The van der Waals surface area contributed by atoms with E-state index in [0.717, 1.165) is 60.0 Å². The van der Waals surface area contributed by atoms with Crippen LogP contribution in [0.2, 0.25) is 0 Å². The molecule has 2 saturated heterocycles. The molecule has 2 aromatic carbocycles. The van der Waals surface area contributed by atoms with Crippen molar-refractivity contribution < 1.29 is 14.6 Å². The molecule has 0 radical (unpaired) electrons. The molecule has 1 amide bonds. The van der Waals surface area contributed by atoms with Crippen molar-refractivity contribution in [3.05, 3.63) is 60.9 Å². The van der Waals surface area contributed by atoms with E-state index in [4.69, 9.17) is 4.74 Å². The van der Waals surface area contributed by atoms with Crippen LogP contribution in [0, 0.1) is 0 Å². The Labute approximate surface area is 188 Å². The molecule has 1 unspecified atom stereocenters. The van der Waals surface area contributed by atoms with Crippen LogP contribution in [0.4, 0.5) is 0 Å². The van der Waals surface area contributed by atoms with Gasteiger partial charge in [0.05, 0.1) is 0 Å². The third kappa shape index (κ3) is 4.33. The van der Waals surface area contributed by atoms with Crippen LogP contribution in [0.3, 0.4) is 0 Å². The third-order valence-corrected chi connectivity index (χ3v) is 6.81. The number of aliphatic hydroxyl groups is 1. The summed E-state index contributed by atoms with van der Waals surface area (Å²) in [5.41, 5.74) is 2.05. The number of carbonyl (C=O) groups is 1. The summed E-state index contributed by atoms with van der Waals surface area (Å²) in [5.74, 6) is 0.937. The Morgan fingerprint density at radius 2 is 1.84 bits per heavy atom. The second kappa shape index (κ2) is 8.88. The van der Waals surface area contributed by atoms with E-state index in [2.05, 4.69) is 33.4 Å². The fourth-order valence-electron chi connectivity index (χ4n) is 5.04. The lowest BCUT2D eigenvalue weighted by Crippen LogP contribution is -2.52. The van der Waals surface area contributed by atoms with E-state index in [0.29, 0.717) is 13.0 Å². The zero-order chi connectivity index (χ0) is 22.0. The third-order valence-electron chi connectivity index (χ3n) is 6.81. The number of rotatable bonds is 6. The number of fused-ring (bicyclic) bond motifs is 1. The number of ether oxygens (including phenoxy) is 1. The molecule has 2 fully saturated rings. The predicted octanol–water partition coefficient (Wildman–Crippen LogP) is 3.39. The maximum Gasteiger partial charge on any atom is 0.220 e. The van der Waals surface area contributed by atoms with Gasteiger partial charge in [-0.25, -0.2) is 0 Å². The maximum absolute atomic E-state index is 11.6. The van der Waals surface area contributed by atoms with Crippen molar-refractivity contribution in [2.45, 2.75) is 37.3 Å². The Kier molecular flexibility index (Phi) is 5.81. The van der Waals surface area contributed by atoms with Gasteiger partial charge in [-0.3, -0.25) is 9.78 Å². The highest BCUT2D eigenvalue weighted by Gasteiger charge is 2.40. The van der Waals surface area contributed by atoms with Crippen LogP contribution in [0.1, 0.15) is 25.7 Å². The van der Waals surface area contributed by atoms with Crippen molar-refractivity contribution >= 4 is 16.7 Å². The summed E-state index contributed by atoms with van der Waals surface area (Å²) in [6.07, 6.45) is 6.45. The quantitative estimate of drug-likeness (QED) is 0.626. The number of β-amino-alcohol motifs (C(OH)–C–C–N with tert-alkyl or cyclic N) is 1. The smallest absolute Gasteiger partial charge is 0.220 e. The first-order valence-electron chi connectivity index (χ1n) is 11.4. The van der Waals surface area contributed by atoms with Gasteiger partial charge in [0, 0.05) is 49.6 Å². The van der Waals surface area contributed by atoms with Crippen molar-refractivity contribution in [2.75, 3.05) is 26.2 Å². The maximum atomic E-state index is 11.6. The Bertz CT molecular complexity index is 1090. The summed E-state index contributed by atoms with van der Waals surface area (Å²) in [6.45, 7) is 2.57. The van der Waals surface area contributed by atoms with E-state index in [9.17, 15) is 9.90 Å². The Morgan fingerprint density at radius 1 is 1.06 bits per heavy atom. The summed E-state index contributed by atoms with van der Waals surface area (Å²) in [5, 5.41) is 16.1. The monoisotopic (exact) mass is 431 g/mol. The molecule has 3 aromatic rings. The summed E-state index contributed by atoms with van der Waals surface area (Å²) in [6, 6.07) is 16.3. The van der Waals surface area contributed by atoms with Gasteiger partial charge in [0.1, 0.15) is 18.5 Å². The van der Waals surface area contributed by atoms with Crippen LogP contribution in [-0.2, 0) is 4.79 Å². The summed E-state index contributed by atoms with van der Waals surface area (Å²) in [7, 11) is 0. The number of pyridine rings is 1. The molecule has 6 heteroatoms. The van der Waals surface area contributed by atoms with Crippen molar-refractivity contribution in [2.24, 2.45) is 0 Å². The molecule has 166 valence electrons. The molecule has 5 rings (SSSR count). The molecule has 3 heterocycles. The highest BCUT2D eigenvalue weighted by molar-refractivity contribution is 5.99. The Balaban J connectivity index is 1.25. The van der Waals surface area contributed by atoms with Gasteiger partial charge in [-0.15, -0.1) is 0 Å². The number of hydrogen-bond donors (Lipinski definition) is 2. The van der Waals surface area contributed by atoms with Crippen molar-refractivity contribution in [3.8, 4) is 16.9 Å². The zero-order valence-electron chi connectivity index (χ0n) is 18.2. The highest BCUT2D eigenvalue weighted by atomic mass is 16.5. The van der Waals surface area contributed by atoms with E-state index in [-0.39, 0.29) is 18.1 Å². The van der Waals surface area contributed by atoms with Crippen LogP contribution in [0.25, 0.3) is 21.9 Å². The van der Waals surface area contributed by atoms with Crippen molar-refractivity contribution in [1.29, 1.82) is 0 Å². The first-order valence-corrected chi connectivity index (χ1v) is 11.4. The van der Waals surface area contributed by atoms with Gasteiger partial charge in [0.2, 0.25) is 5.91 Å². The molecule has 6 nitrogen and oxygen atoms in total. The van der Waals surface area contributed by atoms with Gasteiger partial charge in [-0.05, 0) is 53.8 Å². The molecule has 1 spiro atoms. The number of likely N-dealkylation sites (tertiary alicyclic amines) is 1. The van der Waals surface area contributed by atoms with Gasteiger partial charge >= 0.3 is 0 Å². The summed E-state index contributed by atoms with van der Waals surface area (Å²) >= 11 is 0. The van der Waals surface area contributed by atoms with Gasteiger partial charge in [0.15, 0.2) is 0 Å². The van der Waals surface area contributed by atoms with Gasteiger partial charge in [-0.2, -0.15) is 0 Å². The SMILES string of the molecule is O=C1CCC2(CCN(CC(O)COc3ccc4ccccc4c3-c3ccncc3)CC2)N1. The van der Waals surface area contributed by atoms with Crippen molar-refractivity contribution in [1.82, 2.24) is 15.2 Å². The molecule has 0 bridgehead atoms. The molecule has 2 aliphatic rings. The number of benzene rings is 2. The molecule has 1 atom stereocenters. The Hall–Kier alpha value is -2.96. The highest BCUT2D eigenvalue weighted by Crippen LogP contribution is 2.37. The first-order chi connectivity index (χ1) is 15.6. The fourth-order valence-corrected chi connectivity index (χ4v) is 5.04. The largest absolute Gasteiger partial charge is 0.490 e. The molecule has 32 heavy (non-hydrogen) atoms. The van der Waals surface area contributed by atoms with E-state index < -0.39 is 6.10 Å². The number of nitrogens with one attached hydrogen (secondary N) is 1. The topological polar surface area (TPSA) is 74.7 Å². The lowest BCUT2D eigenvalue weighted by atomic mass is 9.86. The molecule has 0 aliphatic carbocycles. The lowest BCUT2D eigenvalue weighted by molar-refractivity contribution is -0.120. The van der Waals surface area contributed by atoms with Gasteiger partial charge < -0.3 is 20.1 Å². The number of nitrogens with zero attached hydrogens (tertiary/aromatic N) is 2. The Morgan fingerprint density at radius 3 is 2.59 bits per heavy atom. The number of aromatic nitrogens is 1. The summed E-state index contributed by atoms with van der Waals surface area (Å²) in [4.78, 5) is 18.0. The minimum Gasteiger partial charge on any atom is -0.490 e. The number of aliphatic hydroxyl groups excluding tert-OH is 1. The standard InChI is InChI=1S/C26H29N3O3/c30-21(17-29-15-11-26(12-16-29)10-7-24(31)28-26)18-32-23-6-5-19-3-1-2-4-22(19)25(23)20-8-13-27-14-9-20/h1-6,8-9,13-14,21,30H,7,10-12,15-18H2,(H,28,31). The molecule has 0 saturated carbocycles. The number of carbonyl (C=O) groups excluding carboxylic acids is 1. The second-order valence-electron chi connectivity index (χ2n) is 8.99. The number of amides is 1. The molecule has 1 aromatic heterocycles.